The zero-order valence-electron chi connectivity index (χ0n) is 12.0. The van der Waals surface area contributed by atoms with E-state index >= 15 is 0 Å². The summed E-state index contributed by atoms with van der Waals surface area (Å²) in [6.45, 7) is 0. The molecule has 4 nitrogen and oxygen atoms in total. The Kier molecular flexibility index (Phi) is 2.53. The van der Waals surface area contributed by atoms with Crippen LogP contribution in [0.5, 0.6) is 0 Å². The molecule has 0 spiro atoms. The Bertz CT molecular complexity index is 443. The predicted octanol–water partition coefficient (Wildman–Crippen LogP) is 2.29. The van der Waals surface area contributed by atoms with E-state index in [1.807, 2.05) is 17.9 Å². The quantitative estimate of drug-likeness (QED) is 0.906. The van der Waals surface area contributed by atoms with E-state index in [0.717, 1.165) is 17.8 Å². The Morgan fingerprint density at radius 1 is 1.21 bits per heavy atom. The monoisotopic (exact) mass is 260 g/mol. The van der Waals surface area contributed by atoms with Crippen molar-refractivity contribution in [2.24, 2.45) is 30.2 Å². The van der Waals surface area contributed by atoms with Crippen LogP contribution in [0.15, 0.2) is 6.20 Å². The molecule has 1 aromatic heterocycles. The SMILES string of the molecule is CNC(c1cnnn1C)C12CC3CC(CC(C3)C1)C2. The summed E-state index contributed by atoms with van der Waals surface area (Å²) in [6, 6.07) is 0.431. The van der Waals surface area contributed by atoms with Crippen LogP contribution in [0, 0.1) is 23.2 Å². The molecule has 1 unspecified atom stereocenters. The second-order valence-corrected chi connectivity index (χ2v) is 7.28. The Balaban J connectivity index is 1.72. The highest BCUT2D eigenvalue weighted by Crippen LogP contribution is 2.63. The number of nitrogens with one attached hydrogen (secondary N) is 1. The largest absolute Gasteiger partial charge is 0.311 e. The van der Waals surface area contributed by atoms with Crippen LogP contribution in [0.3, 0.4) is 0 Å². The predicted molar refractivity (Wildman–Crippen MR) is 73.4 cm³/mol. The van der Waals surface area contributed by atoms with Gasteiger partial charge in [-0.1, -0.05) is 5.21 Å². The van der Waals surface area contributed by atoms with Gasteiger partial charge in [-0.15, -0.1) is 5.10 Å². The van der Waals surface area contributed by atoms with Gasteiger partial charge < -0.3 is 5.32 Å². The zero-order valence-corrected chi connectivity index (χ0v) is 12.0. The molecule has 1 N–H and O–H groups in total. The van der Waals surface area contributed by atoms with E-state index < -0.39 is 0 Å². The molecule has 4 aliphatic rings. The smallest absolute Gasteiger partial charge is 0.0758 e. The van der Waals surface area contributed by atoms with Gasteiger partial charge in [0, 0.05) is 7.05 Å². The third-order valence-electron chi connectivity index (χ3n) is 6.03. The van der Waals surface area contributed by atoms with Gasteiger partial charge in [-0.05, 0) is 68.7 Å². The number of aryl methyl sites for hydroxylation is 1. The molecule has 0 aliphatic heterocycles. The van der Waals surface area contributed by atoms with Gasteiger partial charge in [0.05, 0.1) is 17.9 Å². The first-order chi connectivity index (χ1) is 9.20. The third-order valence-corrected chi connectivity index (χ3v) is 6.03. The maximum atomic E-state index is 4.14. The Labute approximate surface area is 115 Å². The molecule has 1 aromatic rings. The Hall–Kier alpha value is -0.900. The molecule has 4 fully saturated rings. The van der Waals surface area contributed by atoms with Gasteiger partial charge in [-0.3, -0.25) is 4.68 Å². The summed E-state index contributed by atoms with van der Waals surface area (Å²) in [5.41, 5.74) is 1.74. The lowest BCUT2D eigenvalue weighted by Gasteiger charge is -2.59. The van der Waals surface area contributed by atoms with Crippen molar-refractivity contribution in [2.45, 2.75) is 44.6 Å². The number of hydrogen-bond donors (Lipinski definition) is 1. The highest BCUT2D eigenvalue weighted by molar-refractivity contribution is 5.14. The molecule has 4 bridgehead atoms. The van der Waals surface area contributed by atoms with Gasteiger partial charge in [0.1, 0.15) is 0 Å². The van der Waals surface area contributed by atoms with E-state index in [-0.39, 0.29) is 0 Å². The highest BCUT2D eigenvalue weighted by Gasteiger charge is 2.54. The average molecular weight is 260 g/mol. The van der Waals surface area contributed by atoms with Gasteiger partial charge in [0.25, 0.3) is 0 Å². The summed E-state index contributed by atoms with van der Waals surface area (Å²) in [5, 5.41) is 11.8. The van der Waals surface area contributed by atoms with Crippen molar-refractivity contribution in [3.8, 4) is 0 Å². The third kappa shape index (κ3) is 1.69. The summed E-state index contributed by atoms with van der Waals surface area (Å²) in [6.07, 6.45) is 10.7. The Morgan fingerprint density at radius 3 is 2.21 bits per heavy atom. The molecule has 5 rings (SSSR count). The zero-order chi connectivity index (χ0) is 13.0. The first kappa shape index (κ1) is 11.9. The van der Waals surface area contributed by atoms with Gasteiger partial charge >= 0.3 is 0 Å². The minimum atomic E-state index is 0.431. The van der Waals surface area contributed by atoms with Crippen LogP contribution < -0.4 is 5.32 Å². The minimum absolute atomic E-state index is 0.431. The normalized spacial score (nSPS) is 41.7. The first-order valence-electron chi connectivity index (χ1n) is 7.72. The topological polar surface area (TPSA) is 42.7 Å². The summed E-state index contributed by atoms with van der Waals surface area (Å²) in [5.74, 6) is 2.97. The van der Waals surface area contributed by atoms with Crippen LogP contribution in [-0.4, -0.2) is 22.0 Å². The van der Waals surface area contributed by atoms with E-state index in [9.17, 15) is 0 Å². The molecule has 4 saturated carbocycles. The number of nitrogens with zero attached hydrogens (tertiary/aromatic N) is 3. The van der Waals surface area contributed by atoms with Crippen molar-refractivity contribution < 1.29 is 0 Å². The van der Waals surface area contributed by atoms with Crippen molar-refractivity contribution in [1.82, 2.24) is 20.3 Å². The van der Waals surface area contributed by atoms with Gasteiger partial charge in [0.2, 0.25) is 0 Å². The van der Waals surface area contributed by atoms with Gasteiger partial charge in [-0.2, -0.15) is 0 Å². The lowest BCUT2D eigenvalue weighted by atomic mass is 9.47. The van der Waals surface area contributed by atoms with Crippen molar-refractivity contribution in [3.63, 3.8) is 0 Å². The van der Waals surface area contributed by atoms with Gasteiger partial charge in [0.15, 0.2) is 0 Å². The van der Waals surface area contributed by atoms with Crippen LogP contribution in [0.2, 0.25) is 0 Å². The maximum Gasteiger partial charge on any atom is 0.0758 e. The van der Waals surface area contributed by atoms with Gasteiger partial charge in [-0.25, -0.2) is 0 Å². The maximum absolute atomic E-state index is 4.14. The van der Waals surface area contributed by atoms with Crippen LogP contribution in [-0.2, 0) is 7.05 Å². The molecule has 0 aromatic carbocycles. The molecular formula is C15H24N4. The second-order valence-electron chi connectivity index (χ2n) is 7.28. The van der Waals surface area contributed by atoms with Crippen molar-refractivity contribution in [1.29, 1.82) is 0 Å². The molecule has 1 heterocycles. The summed E-state index contributed by atoms with van der Waals surface area (Å²) >= 11 is 0. The number of rotatable bonds is 3. The molecule has 104 valence electrons. The first-order valence-corrected chi connectivity index (χ1v) is 7.72. The van der Waals surface area contributed by atoms with Crippen LogP contribution in [0.4, 0.5) is 0 Å². The summed E-state index contributed by atoms with van der Waals surface area (Å²) in [4.78, 5) is 0. The van der Waals surface area contributed by atoms with Crippen LogP contribution >= 0.6 is 0 Å². The van der Waals surface area contributed by atoms with E-state index in [2.05, 4.69) is 22.7 Å². The van der Waals surface area contributed by atoms with E-state index in [4.69, 9.17) is 0 Å². The summed E-state index contributed by atoms with van der Waals surface area (Å²) < 4.78 is 1.96. The van der Waals surface area contributed by atoms with Crippen LogP contribution in [0.25, 0.3) is 0 Å². The average Bonchev–Trinajstić information content (AvgIpc) is 2.74. The Morgan fingerprint density at radius 2 is 1.79 bits per heavy atom. The second kappa shape index (κ2) is 4.05. The standard InChI is InChI=1S/C15H24N4/c1-16-14(13-9-17-18-19(13)2)15-6-10-3-11(7-15)5-12(4-10)8-15/h9-12,14,16H,3-8H2,1-2H3. The fourth-order valence-electron chi connectivity index (χ4n) is 5.86. The van der Waals surface area contributed by atoms with Crippen molar-refractivity contribution >= 4 is 0 Å². The molecule has 4 aliphatic carbocycles. The molecular weight excluding hydrogens is 236 g/mol. The molecule has 0 amide bonds. The fourth-order valence-corrected chi connectivity index (χ4v) is 5.86. The molecule has 0 saturated heterocycles. The van der Waals surface area contributed by atoms with Crippen LogP contribution in [0.1, 0.15) is 50.3 Å². The molecule has 19 heavy (non-hydrogen) atoms. The minimum Gasteiger partial charge on any atom is -0.311 e. The van der Waals surface area contributed by atoms with Crippen molar-refractivity contribution in [2.75, 3.05) is 7.05 Å². The van der Waals surface area contributed by atoms with E-state index in [1.165, 1.54) is 44.2 Å². The highest BCUT2D eigenvalue weighted by atomic mass is 15.4. The molecule has 0 radical (unpaired) electrons. The summed E-state index contributed by atoms with van der Waals surface area (Å²) in [7, 11) is 4.13. The number of hydrogen-bond acceptors (Lipinski definition) is 3. The fraction of sp³-hybridized carbons (Fsp3) is 0.867. The van der Waals surface area contributed by atoms with Crippen molar-refractivity contribution in [3.05, 3.63) is 11.9 Å². The van der Waals surface area contributed by atoms with E-state index in [0.29, 0.717) is 11.5 Å². The molecule has 4 heteroatoms. The molecule has 1 atom stereocenters. The van der Waals surface area contributed by atoms with E-state index in [1.54, 1.807) is 0 Å². The number of aromatic nitrogens is 3. The lowest BCUT2D eigenvalue weighted by molar-refractivity contribution is -0.0749. The lowest BCUT2D eigenvalue weighted by Crippen LogP contribution is -2.51.